The zero-order valence-electron chi connectivity index (χ0n) is 11.0. The number of carbonyl (C=O) groups is 2. The van der Waals surface area contributed by atoms with Crippen molar-refractivity contribution in [2.24, 2.45) is 0 Å². The van der Waals surface area contributed by atoms with Crippen molar-refractivity contribution in [1.29, 1.82) is 0 Å². The number of carbonyl (C=O) groups excluding carboxylic acids is 2. The minimum atomic E-state index is -0.0641. The van der Waals surface area contributed by atoms with Gasteiger partial charge in [-0.1, -0.05) is 17.7 Å². The van der Waals surface area contributed by atoms with Gasteiger partial charge in [-0.05, 0) is 19.1 Å². The lowest BCUT2D eigenvalue weighted by atomic mass is 10.2. The van der Waals surface area contributed by atoms with Crippen LogP contribution in [-0.4, -0.2) is 42.1 Å². The molecule has 2 amide bonds. The molecule has 0 unspecified atom stereocenters. The lowest BCUT2D eigenvalue weighted by Gasteiger charge is -2.26. The van der Waals surface area contributed by atoms with Crippen molar-refractivity contribution in [3.8, 4) is 0 Å². The molecule has 1 aliphatic heterocycles. The molecule has 1 aliphatic rings. The van der Waals surface area contributed by atoms with Crippen LogP contribution >= 0.6 is 11.8 Å². The Morgan fingerprint density at radius 2 is 2.11 bits per heavy atom. The van der Waals surface area contributed by atoms with E-state index in [-0.39, 0.29) is 18.4 Å². The Balaban J connectivity index is 1.74. The number of amides is 2. The maximum atomic E-state index is 11.9. The van der Waals surface area contributed by atoms with E-state index >= 15 is 0 Å². The monoisotopic (exact) mass is 278 g/mol. The summed E-state index contributed by atoms with van der Waals surface area (Å²) in [6.07, 6.45) is 0.478. The standard InChI is InChI=1S/C14H18N2O2S/c1-11-2-4-12(5-3-11)19-9-6-14(18)16-8-7-15-13(17)10-16/h2-5H,6-10H2,1H3,(H,15,17). The van der Waals surface area contributed by atoms with E-state index in [0.29, 0.717) is 19.5 Å². The molecule has 1 aromatic rings. The van der Waals surface area contributed by atoms with Crippen molar-refractivity contribution in [2.75, 3.05) is 25.4 Å². The molecule has 0 radical (unpaired) electrons. The number of thioether (sulfide) groups is 1. The highest BCUT2D eigenvalue weighted by Gasteiger charge is 2.20. The van der Waals surface area contributed by atoms with Crippen molar-refractivity contribution in [3.05, 3.63) is 29.8 Å². The molecule has 2 rings (SSSR count). The van der Waals surface area contributed by atoms with Gasteiger partial charge in [0.1, 0.15) is 0 Å². The normalized spacial score (nSPS) is 15.2. The molecular formula is C14H18N2O2S. The summed E-state index contributed by atoms with van der Waals surface area (Å²) in [4.78, 5) is 25.9. The predicted molar refractivity (Wildman–Crippen MR) is 76.1 cm³/mol. The number of hydrogen-bond donors (Lipinski definition) is 1. The van der Waals surface area contributed by atoms with Crippen LogP contribution in [0.4, 0.5) is 0 Å². The van der Waals surface area contributed by atoms with Gasteiger partial charge in [0, 0.05) is 30.2 Å². The molecule has 4 nitrogen and oxygen atoms in total. The van der Waals surface area contributed by atoms with Crippen LogP contribution in [0.5, 0.6) is 0 Å². The summed E-state index contributed by atoms with van der Waals surface area (Å²) in [6.45, 7) is 3.45. The highest BCUT2D eigenvalue weighted by Crippen LogP contribution is 2.19. The second-order valence-corrected chi connectivity index (χ2v) is 5.75. The van der Waals surface area contributed by atoms with Gasteiger partial charge in [0.2, 0.25) is 11.8 Å². The van der Waals surface area contributed by atoms with E-state index < -0.39 is 0 Å². The fraction of sp³-hybridized carbons (Fsp3) is 0.429. The van der Waals surface area contributed by atoms with Crippen LogP contribution in [-0.2, 0) is 9.59 Å². The Bertz CT molecular complexity index is 459. The van der Waals surface area contributed by atoms with Gasteiger partial charge in [0.25, 0.3) is 0 Å². The third kappa shape index (κ3) is 4.28. The van der Waals surface area contributed by atoms with E-state index in [1.165, 1.54) is 10.5 Å². The minimum Gasteiger partial charge on any atom is -0.353 e. The van der Waals surface area contributed by atoms with Crippen molar-refractivity contribution >= 4 is 23.6 Å². The summed E-state index contributed by atoms with van der Waals surface area (Å²) in [5, 5.41) is 2.72. The molecule has 1 saturated heterocycles. The van der Waals surface area contributed by atoms with Gasteiger partial charge < -0.3 is 10.2 Å². The number of piperazine rings is 1. The average molecular weight is 278 g/mol. The minimum absolute atomic E-state index is 0.0641. The van der Waals surface area contributed by atoms with Gasteiger partial charge in [-0.25, -0.2) is 0 Å². The van der Waals surface area contributed by atoms with Crippen molar-refractivity contribution < 1.29 is 9.59 Å². The first kappa shape index (κ1) is 13.9. The molecule has 0 aliphatic carbocycles. The lowest BCUT2D eigenvalue weighted by Crippen LogP contribution is -2.50. The first-order valence-corrected chi connectivity index (χ1v) is 7.37. The van der Waals surface area contributed by atoms with E-state index in [1.807, 2.05) is 0 Å². The Hall–Kier alpha value is -1.49. The molecule has 1 fully saturated rings. The third-order valence-corrected chi connectivity index (χ3v) is 4.01. The van der Waals surface area contributed by atoms with E-state index in [1.54, 1.807) is 16.7 Å². The fourth-order valence-electron chi connectivity index (χ4n) is 1.90. The molecule has 0 spiro atoms. The van der Waals surface area contributed by atoms with Gasteiger partial charge in [0.05, 0.1) is 6.54 Å². The zero-order valence-corrected chi connectivity index (χ0v) is 11.8. The number of nitrogens with one attached hydrogen (secondary N) is 1. The van der Waals surface area contributed by atoms with Crippen molar-refractivity contribution in [3.63, 3.8) is 0 Å². The Morgan fingerprint density at radius 3 is 2.79 bits per heavy atom. The van der Waals surface area contributed by atoms with Crippen LogP contribution in [0.15, 0.2) is 29.2 Å². The molecule has 5 heteroatoms. The number of aryl methyl sites for hydroxylation is 1. The Morgan fingerprint density at radius 1 is 1.37 bits per heavy atom. The highest BCUT2D eigenvalue weighted by molar-refractivity contribution is 7.99. The first-order valence-electron chi connectivity index (χ1n) is 6.39. The predicted octanol–water partition coefficient (Wildman–Crippen LogP) is 1.44. The number of hydrogen-bond acceptors (Lipinski definition) is 3. The quantitative estimate of drug-likeness (QED) is 0.848. The number of rotatable bonds is 4. The third-order valence-electron chi connectivity index (χ3n) is 3.00. The van der Waals surface area contributed by atoms with E-state index in [9.17, 15) is 9.59 Å². The van der Waals surface area contributed by atoms with Gasteiger partial charge >= 0.3 is 0 Å². The van der Waals surface area contributed by atoms with Crippen LogP contribution in [0.1, 0.15) is 12.0 Å². The topological polar surface area (TPSA) is 49.4 Å². The van der Waals surface area contributed by atoms with Crippen LogP contribution < -0.4 is 5.32 Å². The zero-order chi connectivity index (χ0) is 13.7. The summed E-state index contributed by atoms with van der Waals surface area (Å²) < 4.78 is 0. The van der Waals surface area contributed by atoms with Crippen molar-refractivity contribution in [1.82, 2.24) is 10.2 Å². The molecule has 0 saturated carbocycles. The number of nitrogens with zero attached hydrogens (tertiary/aromatic N) is 1. The van der Waals surface area contributed by atoms with E-state index in [0.717, 1.165) is 5.75 Å². The molecule has 1 heterocycles. The summed E-state index contributed by atoms with van der Waals surface area (Å²) in [5.74, 6) is 0.750. The van der Waals surface area contributed by atoms with Gasteiger partial charge in [-0.3, -0.25) is 9.59 Å². The average Bonchev–Trinajstić information content (AvgIpc) is 2.41. The first-order chi connectivity index (χ1) is 9.15. The largest absolute Gasteiger partial charge is 0.353 e. The maximum absolute atomic E-state index is 11.9. The van der Waals surface area contributed by atoms with Gasteiger partial charge in [0.15, 0.2) is 0 Å². The van der Waals surface area contributed by atoms with Gasteiger partial charge in [-0.15, -0.1) is 11.8 Å². The molecular weight excluding hydrogens is 260 g/mol. The summed E-state index contributed by atoms with van der Waals surface area (Å²) in [7, 11) is 0. The molecule has 1 N–H and O–H groups in total. The SMILES string of the molecule is Cc1ccc(SCCC(=O)N2CCNC(=O)C2)cc1. The van der Waals surface area contributed by atoms with E-state index in [4.69, 9.17) is 0 Å². The van der Waals surface area contributed by atoms with Crippen molar-refractivity contribution in [2.45, 2.75) is 18.2 Å². The Kier molecular flexibility index (Phi) is 4.85. The molecule has 0 bridgehead atoms. The second kappa shape index (κ2) is 6.61. The Labute approximate surface area is 117 Å². The second-order valence-electron chi connectivity index (χ2n) is 4.58. The molecule has 0 aromatic heterocycles. The maximum Gasteiger partial charge on any atom is 0.239 e. The number of benzene rings is 1. The summed E-state index contributed by atoms with van der Waals surface area (Å²) >= 11 is 1.67. The van der Waals surface area contributed by atoms with Crippen LogP contribution in [0, 0.1) is 6.92 Å². The molecule has 1 aromatic carbocycles. The van der Waals surface area contributed by atoms with Crippen LogP contribution in [0.2, 0.25) is 0 Å². The lowest BCUT2D eigenvalue weighted by molar-refractivity contribution is -0.137. The molecule has 19 heavy (non-hydrogen) atoms. The summed E-state index contributed by atoms with van der Waals surface area (Å²) in [6, 6.07) is 8.27. The van der Waals surface area contributed by atoms with Crippen LogP contribution in [0.3, 0.4) is 0 Å². The molecule has 0 atom stereocenters. The smallest absolute Gasteiger partial charge is 0.239 e. The van der Waals surface area contributed by atoms with Gasteiger partial charge in [-0.2, -0.15) is 0 Å². The fourth-order valence-corrected chi connectivity index (χ4v) is 2.74. The summed E-state index contributed by atoms with van der Waals surface area (Å²) in [5.41, 5.74) is 1.24. The van der Waals surface area contributed by atoms with Crippen LogP contribution in [0.25, 0.3) is 0 Å². The van der Waals surface area contributed by atoms with E-state index in [2.05, 4.69) is 36.5 Å². The molecule has 102 valence electrons. The highest BCUT2D eigenvalue weighted by atomic mass is 32.2.